The summed E-state index contributed by atoms with van der Waals surface area (Å²) in [6.45, 7) is 8.43. The van der Waals surface area contributed by atoms with Crippen LogP contribution in [0.15, 0.2) is 29.0 Å². The smallest absolute Gasteiger partial charge is 0.262 e. The van der Waals surface area contributed by atoms with E-state index in [-0.39, 0.29) is 17.9 Å². The van der Waals surface area contributed by atoms with E-state index in [1.54, 1.807) is 18.3 Å². The van der Waals surface area contributed by atoms with Crippen LogP contribution in [0.3, 0.4) is 0 Å². The molecule has 138 valence electrons. The van der Waals surface area contributed by atoms with Crippen LogP contribution in [0.5, 0.6) is 0 Å². The maximum Gasteiger partial charge on any atom is 0.330 e. The summed E-state index contributed by atoms with van der Waals surface area (Å²) in [6.07, 6.45) is 6.21. The molecule has 1 saturated carbocycles. The van der Waals surface area contributed by atoms with E-state index in [0.29, 0.717) is 12.1 Å². The van der Waals surface area contributed by atoms with Crippen LogP contribution in [-0.2, 0) is 4.57 Å². The van der Waals surface area contributed by atoms with Crippen LogP contribution in [0.1, 0.15) is 58.9 Å². The molecule has 2 atom stereocenters. The van der Waals surface area contributed by atoms with Gasteiger partial charge in [-0.25, -0.2) is 18.5 Å². The fraction of sp³-hybridized carbons (Fsp3) is 0.632. The molecule has 0 aromatic heterocycles. The van der Waals surface area contributed by atoms with Crippen molar-refractivity contribution in [3.05, 3.63) is 35.6 Å². The highest BCUT2D eigenvalue weighted by Crippen LogP contribution is 2.66. The highest BCUT2D eigenvalue weighted by atomic mass is 31.2. The minimum absolute atomic E-state index is 0.172. The first-order valence-corrected chi connectivity index (χ1v) is 10.9. The molecular weight excluding hydrogens is 336 g/mol. The molecule has 6 heteroatoms. The van der Waals surface area contributed by atoms with E-state index in [1.807, 2.05) is 0 Å². The minimum atomic E-state index is -3.04. The Balaban J connectivity index is 2.01. The van der Waals surface area contributed by atoms with E-state index in [9.17, 15) is 8.96 Å². The predicted octanol–water partition coefficient (Wildman–Crippen LogP) is 5.10. The Bertz CT molecular complexity index is 646. The van der Waals surface area contributed by atoms with Gasteiger partial charge in [0.2, 0.25) is 0 Å². The lowest BCUT2D eigenvalue weighted by atomic mass is 9.89. The fourth-order valence-electron chi connectivity index (χ4n) is 4.39. The van der Waals surface area contributed by atoms with Gasteiger partial charge in [0.1, 0.15) is 5.82 Å². The number of benzene rings is 1. The largest absolute Gasteiger partial charge is 0.330 e. The molecule has 0 N–H and O–H groups in total. The van der Waals surface area contributed by atoms with E-state index in [0.717, 1.165) is 18.4 Å². The minimum Gasteiger partial charge on any atom is -0.262 e. The van der Waals surface area contributed by atoms with Gasteiger partial charge in [-0.1, -0.05) is 25.0 Å². The molecule has 0 unspecified atom stereocenters. The number of halogens is 1. The zero-order valence-electron chi connectivity index (χ0n) is 15.6. The van der Waals surface area contributed by atoms with Crippen molar-refractivity contribution < 1.29 is 8.96 Å². The molecule has 0 radical (unpaired) electrons. The van der Waals surface area contributed by atoms with Gasteiger partial charge < -0.3 is 0 Å². The van der Waals surface area contributed by atoms with Crippen LogP contribution in [0, 0.1) is 5.82 Å². The van der Waals surface area contributed by atoms with Crippen LogP contribution in [0.2, 0.25) is 0 Å². The summed E-state index contributed by atoms with van der Waals surface area (Å²) in [7, 11) is -3.04. The van der Waals surface area contributed by atoms with Gasteiger partial charge in [0.05, 0.1) is 0 Å². The molecule has 0 amide bonds. The van der Waals surface area contributed by atoms with Crippen LogP contribution in [-0.4, -0.2) is 39.7 Å². The van der Waals surface area contributed by atoms with Gasteiger partial charge in [-0.2, -0.15) is 0 Å². The molecule has 1 heterocycles. The fourth-order valence-corrected chi connectivity index (χ4v) is 7.67. The van der Waals surface area contributed by atoms with E-state index < -0.39 is 7.59 Å². The highest BCUT2D eigenvalue weighted by Gasteiger charge is 2.56. The summed E-state index contributed by atoms with van der Waals surface area (Å²) < 4.78 is 36.2. The standard InChI is InChI=1S/C19H29FN3OP/c1-14(2)22-18-7-5-6-8-19(18)23(15(3)4)25(22,24)21-13-16-9-11-17(20)12-10-16/h9-15,18-19H,5-8H2,1-4H3/b21-13-/t18-,19-/m1/s1. The molecule has 1 aliphatic heterocycles. The summed E-state index contributed by atoms with van der Waals surface area (Å²) in [4.78, 5) is 0. The quantitative estimate of drug-likeness (QED) is 0.550. The Labute approximate surface area is 150 Å². The normalized spacial score (nSPS) is 27.5. The maximum atomic E-state index is 14.1. The molecule has 3 rings (SSSR count). The van der Waals surface area contributed by atoms with Gasteiger partial charge in [-0.05, 0) is 58.2 Å². The lowest BCUT2D eigenvalue weighted by Gasteiger charge is -2.33. The van der Waals surface area contributed by atoms with Crippen molar-refractivity contribution in [3.8, 4) is 0 Å². The van der Waals surface area contributed by atoms with E-state index in [4.69, 9.17) is 0 Å². The van der Waals surface area contributed by atoms with Gasteiger partial charge in [0.15, 0.2) is 0 Å². The summed E-state index contributed by atoms with van der Waals surface area (Å²) in [5, 5.41) is 0. The average molecular weight is 365 g/mol. The third-order valence-electron chi connectivity index (χ3n) is 5.26. The number of hydrogen-bond acceptors (Lipinski definition) is 1. The zero-order chi connectivity index (χ0) is 18.2. The number of fused-ring (bicyclic) bond motifs is 1. The Morgan fingerprint density at radius 1 is 1.04 bits per heavy atom. The molecule has 4 nitrogen and oxygen atoms in total. The van der Waals surface area contributed by atoms with Crippen molar-refractivity contribution >= 4 is 13.8 Å². The molecule has 1 aliphatic carbocycles. The molecule has 1 saturated heterocycles. The zero-order valence-corrected chi connectivity index (χ0v) is 16.5. The van der Waals surface area contributed by atoms with Crippen molar-refractivity contribution in [2.45, 2.75) is 77.5 Å². The van der Waals surface area contributed by atoms with Gasteiger partial charge in [0.25, 0.3) is 0 Å². The Kier molecular flexibility index (Phi) is 5.48. The molecule has 1 aromatic rings. The number of nitrogens with zero attached hydrogens (tertiary/aromatic N) is 3. The molecule has 0 bridgehead atoms. The second kappa shape index (κ2) is 7.30. The van der Waals surface area contributed by atoms with Crippen molar-refractivity contribution in [2.75, 3.05) is 0 Å². The van der Waals surface area contributed by atoms with Crippen LogP contribution < -0.4 is 0 Å². The van der Waals surface area contributed by atoms with E-state index in [1.165, 1.54) is 25.0 Å². The molecule has 25 heavy (non-hydrogen) atoms. The van der Waals surface area contributed by atoms with Crippen molar-refractivity contribution in [1.29, 1.82) is 0 Å². The van der Waals surface area contributed by atoms with Crippen LogP contribution in [0.25, 0.3) is 0 Å². The first-order valence-electron chi connectivity index (χ1n) is 9.33. The van der Waals surface area contributed by atoms with Crippen LogP contribution >= 0.6 is 7.59 Å². The summed E-state index contributed by atoms with van der Waals surface area (Å²) >= 11 is 0. The van der Waals surface area contributed by atoms with Gasteiger partial charge in [0, 0.05) is 30.4 Å². The first-order chi connectivity index (χ1) is 11.8. The third-order valence-corrected chi connectivity index (χ3v) is 8.40. The summed E-state index contributed by atoms with van der Waals surface area (Å²) in [6, 6.07) is 7.13. The summed E-state index contributed by atoms with van der Waals surface area (Å²) in [5.74, 6) is -0.275. The van der Waals surface area contributed by atoms with Crippen molar-refractivity contribution in [1.82, 2.24) is 9.34 Å². The molecule has 2 aliphatic rings. The Hall–Kier alpha value is -1.03. The van der Waals surface area contributed by atoms with E-state index >= 15 is 0 Å². The molecule has 0 spiro atoms. The SMILES string of the molecule is CC(C)N1[C@@H]2CCCC[C@H]2N(C(C)C)P1(=O)/N=C\c1ccc(F)cc1. The predicted molar refractivity (Wildman–Crippen MR) is 102 cm³/mol. The third kappa shape index (κ3) is 3.47. The second-order valence-electron chi connectivity index (χ2n) is 7.68. The van der Waals surface area contributed by atoms with Crippen molar-refractivity contribution in [2.24, 2.45) is 4.76 Å². The van der Waals surface area contributed by atoms with Gasteiger partial charge >= 0.3 is 7.59 Å². The number of hydrogen-bond donors (Lipinski definition) is 0. The molecule has 1 aromatic carbocycles. The lowest BCUT2D eigenvalue weighted by molar-refractivity contribution is 0.173. The lowest BCUT2D eigenvalue weighted by Crippen LogP contribution is -2.43. The monoisotopic (exact) mass is 365 g/mol. The second-order valence-corrected chi connectivity index (χ2v) is 9.86. The Morgan fingerprint density at radius 3 is 1.96 bits per heavy atom. The topological polar surface area (TPSA) is 35.9 Å². The van der Waals surface area contributed by atoms with E-state index in [2.05, 4.69) is 41.8 Å². The summed E-state index contributed by atoms with van der Waals surface area (Å²) in [5.41, 5.74) is 0.777. The molecular formula is C19H29FN3OP. The highest BCUT2D eigenvalue weighted by molar-refractivity contribution is 7.58. The van der Waals surface area contributed by atoms with Crippen LogP contribution in [0.4, 0.5) is 4.39 Å². The van der Waals surface area contributed by atoms with Gasteiger partial charge in [-0.3, -0.25) is 4.57 Å². The molecule has 2 fully saturated rings. The maximum absolute atomic E-state index is 14.1. The first kappa shape index (κ1) is 18.8. The van der Waals surface area contributed by atoms with Gasteiger partial charge in [-0.15, -0.1) is 0 Å². The Morgan fingerprint density at radius 2 is 1.52 bits per heavy atom. The van der Waals surface area contributed by atoms with Crippen molar-refractivity contribution in [3.63, 3.8) is 0 Å². The average Bonchev–Trinajstić information content (AvgIpc) is 2.83. The number of rotatable bonds is 4.